The summed E-state index contributed by atoms with van der Waals surface area (Å²) < 4.78 is 1.53. The van der Waals surface area contributed by atoms with Crippen LogP contribution in [-0.2, 0) is 0 Å². The zero-order chi connectivity index (χ0) is 13.8. The molecular weight excluding hydrogens is 282 g/mol. The Morgan fingerprint density at radius 2 is 2.05 bits per heavy atom. The molecule has 0 atom stereocenters. The number of carbonyl (C=O) groups is 1. The Kier molecular flexibility index (Phi) is 4.29. The fourth-order valence-electron chi connectivity index (χ4n) is 1.54. The highest BCUT2D eigenvalue weighted by atomic mass is 35.5. The average molecular weight is 294 g/mol. The van der Waals surface area contributed by atoms with Crippen molar-refractivity contribution in [1.82, 2.24) is 4.57 Å². The van der Waals surface area contributed by atoms with Crippen molar-refractivity contribution >= 4 is 35.1 Å². The fraction of sp³-hybridized carbons (Fsp3) is 0.154. The maximum absolute atomic E-state index is 11.5. The second-order valence-corrected chi connectivity index (χ2v) is 5.18. The first-order chi connectivity index (χ1) is 9.08. The predicted molar refractivity (Wildman–Crippen MR) is 78.0 cm³/mol. The average Bonchev–Trinajstić information content (AvgIpc) is 2.73. The minimum atomic E-state index is -0.0702. The molecule has 19 heavy (non-hydrogen) atoms. The Bertz CT molecular complexity index is 683. The van der Waals surface area contributed by atoms with E-state index in [-0.39, 0.29) is 5.91 Å². The molecule has 0 spiro atoms. The van der Waals surface area contributed by atoms with Crippen LogP contribution in [0.3, 0.4) is 0 Å². The smallest absolute Gasteiger partial charge is 0.230 e. The van der Waals surface area contributed by atoms with E-state index in [9.17, 15) is 4.79 Å². The van der Waals surface area contributed by atoms with E-state index in [0.717, 1.165) is 11.3 Å². The van der Waals surface area contributed by atoms with Crippen LogP contribution in [0, 0.1) is 6.92 Å². The van der Waals surface area contributed by atoms with E-state index < -0.39 is 0 Å². The molecule has 0 bridgehead atoms. The summed E-state index contributed by atoms with van der Waals surface area (Å²) in [5.74, 6) is -0.0702. The quantitative estimate of drug-likeness (QED) is 0.620. The van der Waals surface area contributed by atoms with Crippen LogP contribution in [0.1, 0.15) is 23.0 Å². The number of rotatable bonds is 2. The van der Waals surface area contributed by atoms with Crippen LogP contribution in [0.15, 0.2) is 39.8 Å². The van der Waals surface area contributed by atoms with Gasteiger partial charge in [0.05, 0.1) is 6.21 Å². The highest BCUT2D eigenvalue weighted by Crippen LogP contribution is 2.07. The second kappa shape index (κ2) is 5.95. The molecule has 0 saturated carbocycles. The Morgan fingerprint density at radius 3 is 2.68 bits per heavy atom. The number of carbonyl (C=O) groups excluding carboxylic acids is 1. The zero-order valence-corrected chi connectivity index (χ0v) is 12.1. The number of aryl methyl sites for hydroxylation is 1. The van der Waals surface area contributed by atoms with Gasteiger partial charge in [0.25, 0.3) is 0 Å². The van der Waals surface area contributed by atoms with Gasteiger partial charge in [-0.15, -0.1) is 16.4 Å². The molecule has 0 amide bonds. The summed E-state index contributed by atoms with van der Waals surface area (Å²) in [6, 6.07) is 7.27. The number of benzene rings is 1. The first-order valence-corrected chi connectivity index (χ1v) is 6.84. The first kappa shape index (κ1) is 13.7. The lowest BCUT2D eigenvalue weighted by molar-refractivity contribution is 0.0931. The number of hydrogen-bond acceptors (Lipinski definition) is 4. The van der Waals surface area contributed by atoms with E-state index in [0.29, 0.717) is 9.82 Å². The summed E-state index contributed by atoms with van der Waals surface area (Å²) in [4.78, 5) is 12.0. The topological polar surface area (TPSA) is 46.7 Å². The molecule has 0 unspecified atom stereocenters. The fourth-order valence-corrected chi connectivity index (χ4v) is 2.52. The van der Waals surface area contributed by atoms with Crippen molar-refractivity contribution in [3.05, 3.63) is 50.7 Å². The molecule has 2 rings (SSSR count). The highest BCUT2D eigenvalue weighted by Gasteiger charge is 2.04. The SMILES string of the molecule is CC(=O)n1c(C)cs/c1=N\N=C/c1ccc(Cl)cc1. The maximum Gasteiger partial charge on any atom is 0.230 e. The van der Waals surface area contributed by atoms with Crippen LogP contribution >= 0.6 is 22.9 Å². The largest absolute Gasteiger partial charge is 0.274 e. The third-order valence-electron chi connectivity index (χ3n) is 2.41. The van der Waals surface area contributed by atoms with Gasteiger partial charge < -0.3 is 0 Å². The third kappa shape index (κ3) is 3.39. The Hall–Kier alpha value is -1.72. The van der Waals surface area contributed by atoms with Crippen LogP contribution in [0.5, 0.6) is 0 Å². The number of hydrogen-bond donors (Lipinski definition) is 0. The minimum absolute atomic E-state index is 0.0702. The molecule has 98 valence electrons. The van der Waals surface area contributed by atoms with Gasteiger partial charge in [-0.2, -0.15) is 5.10 Å². The standard InChI is InChI=1S/C13H12ClN3OS/c1-9-8-19-13(17(9)10(2)18)16-15-7-11-3-5-12(14)6-4-11/h3-8H,1-2H3/b15-7-,16-13-. The predicted octanol–water partition coefficient (Wildman–Crippen LogP) is 3.11. The second-order valence-electron chi connectivity index (χ2n) is 3.91. The van der Waals surface area contributed by atoms with Crippen molar-refractivity contribution in [2.75, 3.05) is 0 Å². The Balaban J connectivity index is 2.28. The molecule has 0 aliphatic carbocycles. The van der Waals surface area contributed by atoms with E-state index in [1.165, 1.54) is 22.8 Å². The van der Waals surface area contributed by atoms with E-state index >= 15 is 0 Å². The lowest BCUT2D eigenvalue weighted by Gasteiger charge is -1.96. The molecule has 0 aliphatic heterocycles. The van der Waals surface area contributed by atoms with Gasteiger partial charge in [0.15, 0.2) is 0 Å². The zero-order valence-electron chi connectivity index (χ0n) is 10.5. The molecule has 2 aromatic rings. The molecule has 1 aromatic heterocycles. The maximum atomic E-state index is 11.5. The number of halogens is 1. The summed E-state index contributed by atoms with van der Waals surface area (Å²) in [6.07, 6.45) is 1.62. The van der Waals surface area contributed by atoms with Crippen LogP contribution in [0.25, 0.3) is 0 Å². The van der Waals surface area contributed by atoms with Gasteiger partial charge in [-0.1, -0.05) is 23.7 Å². The van der Waals surface area contributed by atoms with Crippen molar-refractivity contribution in [3.63, 3.8) is 0 Å². The number of thiazole rings is 1. The Morgan fingerprint density at radius 1 is 1.37 bits per heavy atom. The van der Waals surface area contributed by atoms with Gasteiger partial charge >= 0.3 is 0 Å². The highest BCUT2D eigenvalue weighted by molar-refractivity contribution is 7.07. The third-order valence-corrected chi connectivity index (χ3v) is 3.60. The monoisotopic (exact) mass is 293 g/mol. The molecule has 1 aromatic carbocycles. The van der Waals surface area contributed by atoms with Crippen molar-refractivity contribution < 1.29 is 4.79 Å². The summed E-state index contributed by atoms with van der Waals surface area (Å²) in [6.45, 7) is 3.36. The van der Waals surface area contributed by atoms with Crippen molar-refractivity contribution in [1.29, 1.82) is 0 Å². The van der Waals surface area contributed by atoms with E-state index in [4.69, 9.17) is 11.6 Å². The lowest BCUT2D eigenvalue weighted by atomic mass is 10.2. The molecule has 0 radical (unpaired) electrons. The summed E-state index contributed by atoms with van der Waals surface area (Å²) in [7, 11) is 0. The molecule has 0 N–H and O–H groups in total. The molecule has 1 heterocycles. The van der Waals surface area contributed by atoms with E-state index in [1.807, 2.05) is 24.4 Å². The minimum Gasteiger partial charge on any atom is -0.274 e. The lowest BCUT2D eigenvalue weighted by Crippen LogP contribution is -2.21. The van der Waals surface area contributed by atoms with Gasteiger partial charge in [0.2, 0.25) is 10.7 Å². The van der Waals surface area contributed by atoms with Gasteiger partial charge in [-0.05, 0) is 24.6 Å². The van der Waals surface area contributed by atoms with Crippen molar-refractivity contribution in [2.45, 2.75) is 13.8 Å². The summed E-state index contributed by atoms with van der Waals surface area (Å²) in [5, 5.41) is 10.6. The van der Waals surface area contributed by atoms with Crippen LogP contribution in [0.2, 0.25) is 5.02 Å². The molecule has 0 fully saturated rings. The summed E-state index contributed by atoms with van der Waals surface area (Å²) in [5.41, 5.74) is 1.76. The van der Waals surface area contributed by atoms with Crippen LogP contribution < -0.4 is 4.80 Å². The van der Waals surface area contributed by atoms with Crippen LogP contribution in [0.4, 0.5) is 0 Å². The van der Waals surface area contributed by atoms with E-state index in [2.05, 4.69) is 10.2 Å². The van der Waals surface area contributed by atoms with Gasteiger partial charge in [-0.3, -0.25) is 9.36 Å². The molecule has 6 heteroatoms. The molecular formula is C13H12ClN3OS. The number of aromatic nitrogens is 1. The van der Waals surface area contributed by atoms with E-state index in [1.54, 1.807) is 18.3 Å². The first-order valence-electron chi connectivity index (χ1n) is 5.58. The van der Waals surface area contributed by atoms with Gasteiger partial charge in [0, 0.05) is 23.0 Å². The molecule has 0 saturated heterocycles. The van der Waals surface area contributed by atoms with Crippen LogP contribution in [-0.4, -0.2) is 16.7 Å². The van der Waals surface area contributed by atoms with Crippen molar-refractivity contribution in [3.8, 4) is 0 Å². The molecule has 4 nitrogen and oxygen atoms in total. The summed E-state index contributed by atoms with van der Waals surface area (Å²) >= 11 is 7.18. The van der Waals surface area contributed by atoms with Gasteiger partial charge in [0.1, 0.15) is 0 Å². The molecule has 0 aliphatic rings. The van der Waals surface area contributed by atoms with Gasteiger partial charge in [-0.25, -0.2) is 0 Å². The van der Waals surface area contributed by atoms with Crippen molar-refractivity contribution in [2.24, 2.45) is 10.2 Å². The Labute approximate surface area is 119 Å². The normalized spacial score (nSPS) is 12.3. The number of nitrogens with zero attached hydrogens (tertiary/aromatic N) is 3.